The molecule has 1 aromatic heterocycles. The van der Waals surface area contributed by atoms with Crippen LogP contribution in [0.3, 0.4) is 0 Å². The molecule has 4 nitrogen and oxygen atoms in total. The fourth-order valence-electron chi connectivity index (χ4n) is 3.18. The van der Waals surface area contributed by atoms with E-state index in [1.807, 2.05) is 37.3 Å². The van der Waals surface area contributed by atoms with E-state index >= 15 is 0 Å². The van der Waals surface area contributed by atoms with Gasteiger partial charge in [0.1, 0.15) is 18.3 Å². The smallest absolute Gasteiger partial charge is 0.137 e. The van der Waals surface area contributed by atoms with Gasteiger partial charge in [0.05, 0.1) is 6.54 Å². The summed E-state index contributed by atoms with van der Waals surface area (Å²) in [7, 11) is 0. The van der Waals surface area contributed by atoms with Gasteiger partial charge in [0.15, 0.2) is 0 Å². The van der Waals surface area contributed by atoms with Gasteiger partial charge >= 0.3 is 0 Å². The van der Waals surface area contributed by atoms with Crippen LogP contribution < -0.4 is 0 Å². The molecule has 1 aliphatic carbocycles. The molecule has 23 heavy (non-hydrogen) atoms. The monoisotopic (exact) mass is 351 g/mol. The minimum absolute atomic E-state index is 0.343. The average molecular weight is 352 g/mol. The Morgan fingerprint density at radius 1 is 1.35 bits per heavy atom. The van der Waals surface area contributed by atoms with Gasteiger partial charge in [-0.2, -0.15) is 5.10 Å². The Labute approximate surface area is 145 Å². The molecule has 1 N–H and O–H groups in total. The predicted molar refractivity (Wildman–Crippen MR) is 92.5 cm³/mol. The van der Waals surface area contributed by atoms with Crippen molar-refractivity contribution in [3.8, 4) is 0 Å². The Bertz CT molecular complexity index is 699. The zero-order chi connectivity index (χ0) is 16.5. The lowest BCUT2D eigenvalue weighted by atomic mass is 9.75. The van der Waals surface area contributed by atoms with Gasteiger partial charge in [-0.05, 0) is 36.1 Å². The average Bonchev–Trinajstić information content (AvgIpc) is 3.12. The normalized spacial score (nSPS) is 29.3. The number of benzene rings is 1. The van der Waals surface area contributed by atoms with Crippen LogP contribution >= 0.6 is 23.2 Å². The number of hydrogen-bond acceptors (Lipinski definition) is 3. The summed E-state index contributed by atoms with van der Waals surface area (Å²) >= 11 is 12.2. The summed E-state index contributed by atoms with van der Waals surface area (Å²) in [6.07, 6.45) is 6.76. The zero-order valence-electron chi connectivity index (χ0n) is 12.9. The highest BCUT2D eigenvalue weighted by atomic mass is 35.5. The number of hydrogen-bond donors (Lipinski definition) is 1. The number of alkyl halides is 1. The lowest BCUT2D eigenvalue weighted by Gasteiger charge is -2.39. The van der Waals surface area contributed by atoms with Crippen molar-refractivity contribution in [1.29, 1.82) is 0 Å². The molecule has 1 heterocycles. The highest BCUT2D eigenvalue weighted by Crippen LogP contribution is 2.51. The first-order valence-electron chi connectivity index (χ1n) is 7.54. The molecule has 1 aromatic carbocycles. The summed E-state index contributed by atoms with van der Waals surface area (Å²) in [6, 6.07) is 7.59. The standard InChI is InChI=1S/C17H19Cl2N3O/c1-16(9-18)7-6-14(8-13-2-4-15(19)5-3-13)17(16,23)10-22-12-20-11-21-22/h2-5,8,11-12,23H,6-7,9-10H2,1H3. The molecule has 0 radical (unpaired) electrons. The predicted octanol–water partition coefficient (Wildman–Crippen LogP) is 3.79. The topological polar surface area (TPSA) is 50.9 Å². The van der Waals surface area contributed by atoms with Crippen LogP contribution in [0.25, 0.3) is 6.08 Å². The molecule has 6 heteroatoms. The Hall–Kier alpha value is -1.36. The maximum Gasteiger partial charge on any atom is 0.137 e. The van der Waals surface area contributed by atoms with Crippen molar-refractivity contribution in [3.05, 3.63) is 53.1 Å². The Balaban J connectivity index is 1.99. The van der Waals surface area contributed by atoms with Crippen LogP contribution in [-0.4, -0.2) is 31.4 Å². The molecule has 2 unspecified atom stereocenters. The molecule has 1 fully saturated rings. The van der Waals surface area contributed by atoms with Gasteiger partial charge in [0.2, 0.25) is 0 Å². The summed E-state index contributed by atoms with van der Waals surface area (Å²) in [5, 5.41) is 16.3. The molecule has 3 rings (SSSR count). The first-order valence-corrected chi connectivity index (χ1v) is 8.45. The van der Waals surface area contributed by atoms with Crippen LogP contribution in [0.4, 0.5) is 0 Å². The molecule has 2 atom stereocenters. The second kappa shape index (κ2) is 6.27. The van der Waals surface area contributed by atoms with Crippen LogP contribution in [0.15, 0.2) is 42.5 Å². The van der Waals surface area contributed by atoms with E-state index in [1.165, 1.54) is 6.33 Å². The van der Waals surface area contributed by atoms with Crippen LogP contribution in [0.5, 0.6) is 0 Å². The number of aliphatic hydroxyl groups is 1. The lowest BCUT2D eigenvalue weighted by molar-refractivity contribution is -0.0278. The van der Waals surface area contributed by atoms with Crippen molar-refractivity contribution in [2.45, 2.75) is 31.9 Å². The van der Waals surface area contributed by atoms with E-state index < -0.39 is 11.0 Å². The SMILES string of the molecule is CC1(CCl)CCC(=Cc2ccc(Cl)cc2)C1(O)Cn1cncn1. The lowest BCUT2D eigenvalue weighted by Crippen LogP contribution is -2.48. The minimum atomic E-state index is -1.05. The van der Waals surface area contributed by atoms with Crippen LogP contribution in [0.2, 0.25) is 5.02 Å². The van der Waals surface area contributed by atoms with Crippen molar-refractivity contribution in [2.75, 3.05) is 5.88 Å². The third kappa shape index (κ3) is 3.03. The largest absolute Gasteiger partial charge is 0.383 e. The van der Waals surface area contributed by atoms with Gasteiger partial charge in [0, 0.05) is 16.3 Å². The molecular formula is C17H19Cl2N3O. The third-order valence-electron chi connectivity index (χ3n) is 4.84. The summed E-state index contributed by atoms with van der Waals surface area (Å²) < 4.78 is 1.66. The van der Waals surface area contributed by atoms with Gasteiger partial charge in [-0.15, -0.1) is 11.6 Å². The summed E-state index contributed by atoms with van der Waals surface area (Å²) in [4.78, 5) is 3.96. The zero-order valence-corrected chi connectivity index (χ0v) is 14.4. The molecular weight excluding hydrogens is 333 g/mol. The van der Waals surface area contributed by atoms with E-state index in [2.05, 4.69) is 10.1 Å². The van der Waals surface area contributed by atoms with Crippen LogP contribution in [0, 0.1) is 5.41 Å². The molecule has 1 saturated carbocycles. The Morgan fingerprint density at radius 3 is 2.70 bits per heavy atom. The van der Waals surface area contributed by atoms with Gasteiger partial charge in [-0.25, -0.2) is 9.67 Å². The number of nitrogens with zero attached hydrogens (tertiary/aromatic N) is 3. The number of aromatic nitrogens is 3. The van der Waals surface area contributed by atoms with E-state index in [1.54, 1.807) is 11.0 Å². The third-order valence-corrected chi connectivity index (χ3v) is 5.68. The van der Waals surface area contributed by atoms with E-state index in [9.17, 15) is 5.11 Å². The molecule has 0 aliphatic heterocycles. The first kappa shape index (κ1) is 16.5. The van der Waals surface area contributed by atoms with E-state index in [0.717, 1.165) is 24.0 Å². The molecule has 122 valence electrons. The van der Waals surface area contributed by atoms with Crippen LogP contribution in [-0.2, 0) is 6.54 Å². The van der Waals surface area contributed by atoms with Crippen molar-refractivity contribution in [3.63, 3.8) is 0 Å². The summed E-state index contributed by atoms with van der Waals surface area (Å²) in [5.41, 5.74) is 0.527. The fraction of sp³-hybridized carbons (Fsp3) is 0.412. The molecule has 1 aliphatic rings. The Kier molecular flexibility index (Phi) is 4.50. The van der Waals surface area contributed by atoms with E-state index in [-0.39, 0.29) is 0 Å². The van der Waals surface area contributed by atoms with Crippen molar-refractivity contribution in [2.24, 2.45) is 5.41 Å². The molecule has 0 bridgehead atoms. The molecule has 0 amide bonds. The van der Waals surface area contributed by atoms with Crippen LogP contribution in [0.1, 0.15) is 25.3 Å². The number of rotatable bonds is 4. The second-order valence-electron chi connectivity index (χ2n) is 6.37. The maximum atomic E-state index is 11.5. The van der Waals surface area contributed by atoms with Crippen molar-refractivity contribution in [1.82, 2.24) is 14.8 Å². The minimum Gasteiger partial charge on any atom is -0.383 e. The van der Waals surface area contributed by atoms with Gasteiger partial charge in [-0.3, -0.25) is 0 Å². The number of halogens is 2. The van der Waals surface area contributed by atoms with Gasteiger partial charge in [0.25, 0.3) is 0 Å². The summed E-state index contributed by atoms with van der Waals surface area (Å²) in [5.74, 6) is 0.385. The highest BCUT2D eigenvalue weighted by Gasteiger charge is 2.53. The van der Waals surface area contributed by atoms with Crippen molar-refractivity contribution >= 4 is 29.3 Å². The van der Waals surface area contributed by atoms with Crippen molar-refractivity contribution < 1.29 is 5.11 Å². The first-order chi connectivity index (χ1) is 11.0. The fourth-order valence-corrected chi connectivity index (χ4v) is 3.66. The van der Waals surface area contributed by atoms with E-state index in [0.29, 0.717) is 17.4 Å². The summed E-state index contributed by atoms with van der Waals surface area (Å²) in [6.45, 7) is 2.37. The Morgan fingerprint density at radius 2 is 2.09 bits per heavy atom. The molecule has 2 aromatic rings. The quantitative estimate of drug-likeness (QED) is 0.852. The van der Waals surface area contributed by atoms with Gasteiger partial charge < -0.3 is 5.11 Å². The molecule has 0 spiro atoms. The van der Waals surface area contributed by atoms with Gasteiger partial charge in [-0.1, -0.05) is 36.7 Å². The highest BCUT2D eigenvalue weighted by molar-refractivity contribution is 6.30. The molecule has 0 saturated heterocycles. The second-order valence-corrected chi connectivity index (χ2v) is 7.07. The van der Waals surface area contributed by atoms with E-state index in [4.69, 9.17) is 23.2 Å². The maximum absolute atomic E-state index is 11.5.